The number of hydrogen-bond acceptors (Lipinski definition) is 2. The highest BCUT2D eigenvalue weighted by molar-refractivity contribution is 8.04. The first kappa shape index (κ1) is 26.7. The number of thiocyanates is 1. The van der Waals surface area contributed by atoms with Crippen LogP contribution in [0, 0.1) is 22.5 Å². The zero-order valence-electron chi connectivity index (χ0n) is 17.6. The number of nitriles is 1. The fraction of sp³-hybridized carbons (Fsp3) is 0.864. The van der Waals surface area contributed by atoms with E-state index in [0.29, 0.717) is 18.8 Å². The summed E-state index contributed by atoms with van der Waals surface area (Å²) in [6, 6.07) is 0. The van der Waals surface area contributed by atoms with Gasteiger partial charge in [-0.25, -0.2) is 4.39 Å². The largest absolute Gasteiger partial charge is 0.247 e. The molecule has 25 heavy (non-hydrogen) atoms. The van der Waals surface area contributed by atoms with Gasteiger partial charge in [-0.2, -0.15) is 5.26 Å². The maximum Gasteiger partial charge on any atom is 0.133 e. The van der Waals surface area contributed by atoms with Crippen LogP contribution in [0.15, 0.2) is 12.2 Å². The number of hydrogen-bond donors (Lipinski definition) is 0. The average molecular weight is 372 g/mol. The number of nitrogens with zero attached hydrogens (tertiary/aromatic N) is 1. The van der Waals surface area contributed by atoms with E-state index in [1.54, 1.807) is 0 Å². The normalized spacial score (nSPS) is 15.8. The van der Waals surface area contributed by atoms with Gasteiger partial charge in [0.15, 0.2) is 0 Å². The lowest BCUT2D eigenvalue weighted by atomic mass is 9.92. The minimum Gasteiger partial charge on any atom is -0.247 e. The molecule has 0 bridgehead atoms. The second kappa shape index (κ2) is 19.8. The minimum absolute atomic E-state index is 0.141. The first-order chi connectivity index (χ1) is 12.1. The molecule has 148 valence electrons. The first-order valence-corrected chi connectivity index (χ1v) is 11.3. The van der Waals surface area contributed by atoms with Gasteiger partial charge in [0.2, 0.25) is 0 Å². The van der Waals surface area contributed by atoms with E-state index in [-0.39, 0.29) is 5.25 Å². The lowest BCUT2D eigenvalue weighted by molar-refractivity contribution is 0.294. The number of rotatable bonds is 14. The van der Waals surface area contributed by atoms with Gasteiger partial charge in [-0.1, -0.05) is 73.0 Å². The standard InChI is InChI=1S/C20H36FNS.C2H6/c1-5-10-18(14-13-17(4)6-2)11-8-9-12-19(21)15-20(7-3)23-16-22;1-2/h8,11,17-20H,5-7,9-10,12-15H2,1-4H3;1-2H3. The summed E-state index contributed by atoms with van der Waals surface area (Å²) in [7, 11) is 0. The van der Waals surface area contributed by atoms with E-state index in [4.69, 9.17) is 5.26 Å². The van der Waals surface area contributed by atoms with Crippen LogP contribution in [0.4, 0.5) is 4.39 Å². The maximum atomic E-state index is 14.0. The summed E-state index contributed by atoms with van der Waals surface area (Å²) < 4.78 is 14.0. The maximum absolute atomic E-state index is 14.0. The Kier molecular flexibility index (Phi) is 21.2. The molecule has 4 unspecified atom stereocenters. The molecule has 0 spiro atoms. The molecule has 0 aliphatic rings. The van der Waals surface area contributed by atoms with Gasteiger partial charge in [-0.05, 0) is 62.1 Å². The Balaban J connectivity index is 0. The van der Waals surface area contributed by atoms with Crippen molar-refractivity contribution in [2.75, 3.05) is 0 Å². The van der Waals surface area contributed by atoms with Crippen molar-refractivity contribution >= 4 is 11.8 Å². The summed E-state index contributed by atoms with van der Waals surface area (Å²) >= 11 is 1.21. The zero-order valence-corrected chi connectivity index (χ0v) is 18.4. The fourth-order valence-corrected chi connectivity index (χ4v) is 3.37. The summed E-state index contributed by atoms with van der Waals surface area (Å²) in [5.74, 6) is 1.46. The monoisotopic (exact) mass is 371 g/mol. The molecule has 0 aliphatic carbocycles. The molecule has 0 fully saturated rings. The molecule has 0 saturated heterocycles. The summed E-state index contributed by atoms with van der Waals surface area (Å²) in [6.07, 6.45) is 12.8. The molecule has 0 saturated carbocycles. The molecule has 3 heteroatoms. The van der Waals surface area contributed by atoms with Crippen molar-refractivity contribution in [3.63, 3.8) is 0 Å². The first-order valence-electron chi connectivity index (χ1n) is 10.4. The predicted octanol–water partition coefficient (Wildman–Crippen LogP) is 8.31. The van der Waals surface area contributed by atoms with E-state index in [2.05, 4.69) is 38.3 Å². The van der Waals surface area contributed by atoms with Gasteiger partial charge in [0.1, 0.15) is 11.6 Å². The van der Waals surface area contributed by atoms with Gasteiger partial charge < -0.3 is 0 Å². The number of allylic oxidation sites excluding steroid dienone is 2. The highest BCUT2D eigenvalue weighted by Crippen LogP contribution is 2.23. The number of halogens is 1. The Morgan fingerprint density at radius 3 is 2.24 bits per heavy atom. The lowest BCUT2D eigenvalue weighted by Gasteiger charge is -2.15. The van der Waals surface area contributed by atoms with Crippen LogP contribution < -0.4 is 0 Å². The smallest absolute Gasteiger partial charge is 0.133 e. The molecule has 0 aromatic heterocycles. The van der Waals surface area contributed by atoms with Gasteiger partial charge in [0.25, 0.3) is 0 Å². The molecule has 0 rings (SSSR count). The van der Waals surface area contributed by atoms with Crippen LogP contribution in [-0.2, 0) is 0 Å². The van der Waals surface area contributed by atoms with Gasteiger partial charge in [-0.15, -0.1) is 0 Å². The molecule has 0 N–H and O–H groups in total. The topological polar surface area (TPSA) is 23.8 Å². The zero-order chi connectivity index (χ0) is 19.5. The van der Waals surface area contributed by atoms with Crippen molar-refractivity contribution in [2.45, 2.75) is 111 Å². The Hall–Kier alpha value is -0.490. The highest BCUT2D eigenvalue weighted by atomic mass is 32.2. The van der Waals surface area contributed by atoms with E-state index < -0.39 is 6.17 Å². The predicted molar refractivity (Wildman–Crippen MR) is 114 cm³/mol. The molecule has 4 atom stereocenters. The van der Waals surface area contributed by atoms with Crippen molar-refractivity contribution in [1.82, 2.24) is 0 Å². The van der Waals surface area contributed by atoms with Gasteiger partial charge in [-0.3, -0.25) is 0 Å². The summed E-state index contributed by atoms with van der Waals surface area (Å²) in [6.45, 7) is 12.8. The second-order valence-corrected chi connectivity index (χ2v) is 7.80. The quantitative estimate of drug-likeness (QED) is 0.226. The molecule has 1 nitrogen and oxygen atoms in total. The van der Waals surface area contributed by atoms with Crippen molar-refractivity contribution in [3.8, 4) is 5.40 Å². The van der Waals surface area contributed by atoms with E-state index >= 15 is 0 Å². The van der Waals surface area contributed by atoms with Crippen LogP contribution in [-0.4, -0.2) is 11.4 Å². The molecule has 0 aromatic carbocycles. The van der Waals surface area contributed by atoms with Crippen LogP contribution in [0.3, 0.4) is 0 Å². The van der Waals surface area contributed by atoms with Crippen LogP contribution >= 0.6 is 11.8 Å². The van der Waals surface area contributed by atoms with Gasteiger partial charge in [0, 0.05) is 5.25 Å². The third-order valence-electron chi connectivity index (χ3n) is 4.63. The third-order valence-corrected chi connectivity index (χ3v) is 5.60. The van der Waals surface area contributed by atoms with E-state index in [1.807, 2.05) is 20.8 Å². The van der Waals surface area contributed by atoms with Gasteiger partial charge >= 0.3 is 0 Å². The van der Waals surface area contributed by atoms with Crippen molar-refractivity contribution in [1.29, 1.82) is 5.26 Å². The summed E-state index contributed by atoms with van der Waals surface area (Å²) in [4.78, 5) is 0. The number of thioether (sulfide) groups is 1. The van der Waals surface area contributed by atoms with E-state index in [0.717, 1.165) is 18.8 Å². The van der Waals surface area contributed by atoms with E-state index in [9.17, 15) is 4.39 Å². The summed E-state index contributed by atoms with van der Waals surface area (Å²) in [5.41, 5.74) is 0. The molecular weight excluding hydrogens is 329 g/mol. The molecule has 0 heterocycles. The van der Waals surface area contributed by atoms with Crippen molar-refractivity contribution in [3.05, 3.63) is 12.2 Å². The Morgan fingerprint density at radius 2 is 1.72 bits per heavy atom. The van der Waals surface area contributed by atoms with E-state index in [1.165, 1.54) is 43.9 Å². The molecular formula is C22H42FNS. The Bertz CT molecular complexity index is 337. The third kappa shape index (κ3) is 16.7. The minimum atomic E-state index is -0.782. The number of alkyl halides is 1. The molecule has 0 aliphatic heterocycles. The molecule has 0 amide bonds. The van der Waals surface area contributed by atoms with Crippen molar-refractivity contribution in [2.24, 2.45) is 11.8 Å². The average Bonchev–Trinajstić information content (AvgIpc) is 2.63. The molecule has 0 radical (unpaired) electrons. The molecule has 0 aromatic rings. The fourth-order valence-electron chi connectivity index (χ4n) is 2.75. The van der Waals surface area contributed by atoms with Crippen molar-refractivity contribution < 1.29 is 4.39 Å². The lowest BCUT2D eigenvalue weighted by Crippen LogP contribution is -2.10. The Morgan fingerprint density at radius 1 is 1.04 bits per heavy atom. The summed E-state index contributed by atoms with van der Waals surface area (Å²) in [5, 5.41) is 10.9. The highest BCUT2D eigenvalue weighted by Gasteiger charge is 2.14. The van der Waals surface area contributed by atoms with Crippen LogP contribution in [0.25, 0.3) is 0 Å². The van der Waals surface area contributed by atoms with Crippen LogP contribution in [0.5, 0.6) is 0 Å². The van der Waals surface area contributed by atoms with Gasteiger partial charge in [0.05, 0.1) is 0 Å². The van der Waals surface area contributed by atoms with Crippen LogP contribution in [0.1, 0.15) is 99.3 Å². The second-order valence-electron chi connectivity index (χ2n) is 6.72. The SMILES string of the molecule is CC.CCCC(C=CCCC(F)CC(CC)SC#N)CCC(C)CC. The van der Waals surface area contributed by atoms with Crippen LogP contribution in [0.2, 0.25) is 0 Å². The Labute approximate surface area is 161 Å².